The van der Waals surface area contributed by atoms with E-state index in [1.165, 1.54) is 4.90 Å². The Hall–Kier alpha value is -2.98. The highest BCUT2D eigenvalue weighted by atomic mass is 32.1. The van der Waals surface area contributed by atoms with Gasteiger partial charge in [0.2, 0.25) is 5.91 Å². The highest BCUT2D eigenvalue weighted by Crippen LogP contribution is 2.27. The van der Waals surface area contributed by atoms with Gasteiger partial charge >= 0.3 is 0 Å². The number of carbonyl (C=O) groups excluding carboxylic acids is 3. The fraction of sp³-hybridized carbons (Fsp3) is 0.400. The predicted octanol–water partition coefficient (Wildman–Crippen LogP) is 1.38. The third-order valence-electron chi connectivity index (χ3n) is 4.77. The zero-order chi connectivity index (χ0) is 21.8. The van der Waals surface area contributed by atoms with E-state index in [2.05, 4.69) is 9.69 Å². The standard InChI is InChI=1S/C20H25N5O4S/c1-11-6-12(2)8-13(7-11)25(10-15(26)23-9-14-4-3-5-29-14)20(28)18-16(21)17(19(22)27)24-30-18/h6-8,14H,3-5,9-10,21H2,1-2H3,(H2,22,27)(H,23,26). The molecule has 1 saturated heterocycles. The molecule has 9 nitrogen and oxygen atoms in total. The first-order valence-electron chi connectivity index (χ1n) is 9.59. The van der Waals surface area contributed by atoms with Crippen LogP contribution in [0.15, 0.2) is 18.2 Å². The third kappa shape index (κ3) is 4.95. The molecule has 1 aliphatic heterocycles. The molecule has 1 aromatic heterocycles. The number of hydrogen-bond acceptors (Lipinski definition) is 7. The first-order chi connectivity index (χ1) is 14.3. The van der Waals surface area contributed by atoms with E-state index >= 15 is 0 Å². The monoisotopic (exact) mass is 431 g/mol. The van der Waals surface area contributed by atoms with Crippen molar-refractivity contribution in [2.75, 3.05) is 30.3 Å². The van der Waals surface area contributed by atoms with Crippen molar-refractivity contribution < 1.29 is 19.1 Å². The third-order valence-corrected chi connectivity index (χ3v) is 5.62. The molecule has 1 aliphatic rings. The van der Waals surface area contributed by atoms with Crippen molar-refractivity contribution in [2.24, 2.45) is 5.73 Å². The summed E-state index contributed by atoms with van der Waals surface area (Å²) in [6, 6.07) is 5.59. The van der Waals surface area contributed by atoms with Crippen LogP contribution in [0.2, 0.25) is 0 Å². The first kappa shape index (κ1) is 21.7. The van der Waals surface area contributed by atoms with Crippen molar-refractivity contribution >= 4 is 40.6 Å². The molecule has 1 unspecified atom stereocenters. The SMILES string of the molecule is Cc1cc(C)cc(N(CC(=O)NCC2CCCO2)C(=O)c2snc(C(N)=O)c2N)c1. The van der Waals surface area contributed by atoms with E-state index in [0.717, 1.165) is 35.5 Å². The first-order valence-corrected chi connectivity index (χ1v) is 10.4. The molecule has 2 aromatic rings. The van der Waals surface area contributed by atoms with Gasteiger partial charge in [0, 0.05) is 18.8 Å². The molecule has 1 aromatic carbocycles. The van der Waals surface area contributed by atoms with Gasteiger partial charge in [-0.05, 0) is 61.5 Å². The number of anilines is 2. The quantitative estimate of drug-likeness (QED) is 0.605. The van der Waals surface area contributed by atoms with Gasteiger partial charge < -0.3 is 21.5 Å². The Bertz CT molecular complexity index is 948. The molecule has 2 heterocycles. The molecule has 0 bridgehead atoms. The number of rotatable bonds is 7. The Morgan fingerprint density at radius 3 is 2.53 bits per heavy atom. The summed E-state index contributed by atoms with van der Waals surface area (Å²) < 4.78 is 9.41. The molecule has 3 rings (SSSR count). The second-order valence-electron chi connectivity index (χ2n) is 7.31. The van der Waals surface area contributed by atoms with Crippen molar-refractivity contribution in [1.29, 1.82) is 0 Å². The lowest BCUT2D eigenvalue weighted by atomic mass is 10.1. The minimum absolute atomic E-state index is 0.00502. The van der Waals surface area contributed by atoms with Crippen LogP contribution in [0, 0.1) is 13.8 Å². The molecule has 0 spiro atoms. The van der Waals surface area contributed by atoms with Crippen molar-refractivity contribution in [2.45, 2.75) is 32.8 Å². The molecule has 0 radical (unpaired) electrons. The number of ether oxygens (including phenoxy) is 1. The summed E-state index contributed by atoms with van der Waals surface area (Å²) in [7, 11) is 0. The van der Waals surface area contributed by atoms with Gasteiger partial charge in [-0.15, -0.1) is 0 Å². The fourth-order valence-electron chi connectivity index (χ4n) is 3.37. The minimum atomic E-state index is -0.810. The van der Waals surface area contributed by atoms with Gasteiger partial charge in [0.05, 0.1) is 11.8 Å². The van der Waals surface area contributed by atoms with Gasteiger partial charge in [-0.3, -0.25) is 19.3 Å². The minimum Gasteiger partial charge on any atom is -0.395 e. The number of carbonyl (C=O) groups is 3. The molecule has 0 aliphatic carbocycles. The number of amides is 3. The van der Waals surface area contributed by atoms with Crippen molar-refractivity contribution in [1.82, 2.24) is 9.69 Å². The van der Waals surface area contributed by atoms with Gasteiger partial charge in [-0.1, -0.05) is 6.07 Å². The number of nitrogens with one attached hydrogen (secondary N) is 1. The van der Waals surface area contributed by atoms with Gasteiger partial charge in [-0.2, -0.15) is 4.37 Å². The Kier molecular flexibility index (Phi) is 6.68. The normalized spacial score (nSPS) is 15.7. The Morgan fingerprint density at radius 1 is 1.27 bits per heavy atom. The van der Waals surface area contributed by atoms with Crippen LogP contribution >= 0.6 is 11.5 Å². The van der Waals surface area contributed by atoms with Crippen molar-refractivity contribution in [3.05, 3.63) is 39.9 Å². The Labute approximate surface area is 178 Å². The molecule has 3 amide bonds. The van der Waals surface area contributed by atoms with Gasteiger partial charge in [0.25, 0.3) is 11.8 Å². The van der Waals surface area contributed by atoms with E-state index in [4.69, 9.17) is 16.2 Å². The molecule has 5 N–H and O–H groups in total. The van der Waals surface area contributed by atoms with Crippen LogP contribution in [0.4, 0.5) is 11.4 Å². The van der Waals surface area contributed by atoms with E-state index in [0.29, 0.717) is 18.8 Å². The number of primary amides is 1. The zero-order valence-electron chi connectivity index (χ0n) is 16.9. The fourth-order valence-corrected chi connectivity index (χ4v) is 4.13. The summed E-state index contributed by atoms with van der Waals surface area (Å²) in [5, 5.41) is 2.82. The summed E-state index contributed by atoms with van der Waals surface area (Å²) in [4.78, 5) is 38.7. The predicted molar refractivity (Wildman–Crippen MR) is 115 cm³/mol. The van der Waals surface area contributed by atoms with E-state index in [1.807, 2.05) is 32.0 Å². The second-order valence-corrected chi connectivity index (χ2v) is 8.09. The number of aryl methyl sites for hydroxylation is 2. The molecule has 1 atom stereocenters. The van der Waals surface area contributed by atoms with Crippen molar-refractivity contribution in [3.8, 4) is 0 Å². The average molecular weight is 432 g/mol. The van der Waals surface area contributed by atoms with Gasteiger partial charge in [-0.25, -0.2) is 0 Å². The summed E-state index contributed by atoms with van der Waals surface area (Å²) in [5.74, 6) is -1.65. The van der Waals surface area contributed by atoms with Crippen LogP contribution < -0.4 is 21.7 Å². The molecular weight excluding hydrogens is 406 g/mol. The molecule has 160 valence electrons. The van der Waals surface area contributed by atoms with Crippen LogP contribution in [0.5, 0.6) is 0 Å². The van der Waals surface area contributed by atoms with E-state index in [9.17, 15) is 14.4 Å². The molecule has 1 fully saturated rings. The number of aromatic nitrogens is 1. The zero-order valence-corrected chi connectivity index (χ0v) is 17.8. The maximum Gasteiger partial charge on any atom is 0.272 e. The van der Waals surface area contributed by atoms with E-state index < -0.39 is 11.8 Å². The van der Waals surface area contributed by atoms with Crippen LogP contribution in [-0.4, -0.2) is 47.9 Å². The summed E-state index contributed by atoms with van der Waals surface area (Å²) in [6.07, 6.45) is 1.86. The average Bonchev–Trinajstić information content (AvgIpc) is 3.32. The van der Waals surface area contributed by atoms with Crippen LogP contribution in [0.1, 0.15) is 44.1 Å². The van der Waals surface area contributed by atoms with Crippen molar-refractivity contribution in [3.63, 3.8) is 0 Å². The lowest BCUT2D eigenvalue weighted by molar-refractivity contribution is -0.120. The van der Waals surface area contributed by atoms with Gasteiger partial charge in [0.15, 0.2) is 5.69 Å². The molecular formula is C20H25N5O4S. The lowest BCUT2D eigenvalue weighted by Crippen LogP contribution is -2.43. The Morgan fingerprint density at radius 2 is 1.97 bits per heavy atom. The van der Waals surface area contributed by atoms with Crippen LogP contribution in [-0.2, 0) is 9.53 Å². The maximum atomic E-state index is 13.3. The number of nitrogens with two attached hydrogens (primary N) is 2. The summed E-state index contributed by atoms with van der Waals surface area (Å²) >= 11 is 0.786. The lowest BCUT2D eigenvalue weighted by Gasteiger charge is -2.23. The molecule has 10 heteroatoms. The van der Waals surface area contributed by atoms with Gasteiger partial charge in [0.1, 0.15) is 11.4 Å². The highest BCUT2D eigenvalue weighted by molar-refractivity contribution is 7.09. The number of nitrogens with zero attached hydrogens (tertiary/aromatic N) is 2. The molecule has 30 heavy (non-hydrogen) atoms. The van der Waals surface area contributed by atoms with Crippen LogP contribution in [0.3, 0.4) is 0 Å². The summed E-state index contributed by atoms with van der Waals surface area (Å²) in [6.45, 7) is 4.69. The van der Waals surface area contributed by atoms with E-state index in [-0.39, 0.29) is 34.8 Å². The topological polar surface area (TPSA) is 141 Å². The second kappa shape index (κ2) is 9.23. The van der Waals surface area contributed by atoms with E-state index in [1.54, 1.807) is 0 Å². The smallest absolute Gasteiger partial charge is 0.272 e. The number of nitrogen functional groups attached to an aromatic ring is 1. The molecule has 0 saturated carbocycles. The maximum absolute atomic E-state index is 13.3. The van der Waals surface area contributed by atoms with Crippen LogP contribution in [0.25, 0.3) is 0 Å². The number of hydrogen-bond donors (Lipinski definition) is 3. The number of benzene rings is 1. The summed E-state index contributed by atoms with van der Waals surface area (Å²) in [5.41, 5.74) is 13.4. The highest BCUT2D eigenvalue weighted by Gasteiger charge is 2.28. The largest absolute Gasteiger partial charge is 0.395 e. The Balaban J connectivity index is 1.86.